The summed E-state index contributed by atoms with van der Waals surface area (Å²) in [5.74, 6) is -0.934. The van der Waals surface area contributed by atoms with Crippen molar-refractivity contribution >= 4 is 11.6 Å². The number of nitro groups is 1. The second-order valence-corrected chi connectivity index (χ2v) is 3.83. The Hall–Kier alpha value is -2.77. The number of nitrogens with one attached hydrogen (secondary N) is 1. The highest BCUT2D eigenvalue weighted by Crippen LogP contribution is 2.33. The van der Waals surface area contributed by atoms with Crippen molar-refractivity contribution in [2.24, 2.45) is 0 Å². The average molecular weight is 278 g/mol. The van der Waals surface area contributed by atoms with Crippen LogP contribution >= 0.6 is 0 Å². The zero-order valence-electron chi connectivity index (χ0n) is 10.8. The van der Waals surface area contributed by atoms with Crippen LogP contribution in [0, 0.1) is 22.9 Å². The molecule has 0 unspecified atom stereocenters. The van der Waals surface area contributed by atoms with E-state index in [1.54, 1.807) is 13.1 Å². The van der Waals surface area contributed by atoms with Crippen molar-refractivity contribution in [1.29, 1.82) is 0 Å². The maximum Gasteiger partial charge on any atom is 0.352 e. The fraction of sp³-hybridized carbons (Fsp3) is 0.167. The zero-order valence-corrected chi connectivity index (χ0v) is 10.8. The summed E-state index contributed by atoms with van der Waals surface area (Å²) in [6.45, 7) is 1.45. The molecule has 104 valence electrons. The van der Waals surface area contributed by atoms with E-state index in [9.17, 15) is 14.5 Å². The van der Waals surface area contributed by atoms with Crippen molar-refractivity contribution in [2.75, 3.05) is 12.4 Å². The maximum atomic E-state index is 13.5. The molecule has 0 saturated carbocycles. The predicted molar refractivity (Wildman–Crippen MR) is 69.4 cm³/mol. The molecule has 1 aromatic carbocycles. The summed E-state index contributed by atoms with van der Waals surface area (Å²) < 4.78 is 18.8. The molecule has 2 aromatic rings. The predicted octanol–water partition coefficient (Wildman–Crippen LogP) is 2.67. The summed E-state index contributed by atoms with van der Waals surface area (Å²) in [5.41, 5.74) is -0.270. The van der Waals surface area contributed by atoms with Crippen LogP contribution in [0.25, 0.3) is 0 Å². The highest BCUT2D eigenvalue weighted by molar-refractivity contribution is 5.50. The van der Waals surface area contributed by atoms with Crippen molar-refractivity contribution in [1.82, 2.24) is 9.97 Å². The van der Waals surface area contributed by atoms with Crippen molar-refractivity contribution < 1.29 is 14.1 Å². The van der Waals surface area contributed by atoms with E-state index in [-0.39, 0.29) is 23.3 Å². The Kier molecular flexibility index (Phi) is 3.74. The first-order chi connectivity index (χ1) is 9.52. The highest BCUT2D eigenvalue weighted by Gasteiger charge is 2.24. The van der Waals surface area contributed by atoms with E-state index in [1.807, 2.05) is 0 Å². The van der Waals surface area contributed by atoms with Gasteiger partial charge in [-0.2, -0.15) is 4.98 Å². The molecule has 0 radical (unpaired) electrons. The Bertz CT molecular complexity index is 663. The van der Waals surface area contributed by atoms with E-state index in [0.29, 0.717) is 0 Å². The molecule has 1 aromatic heterocycles. The topological polar surface area (TPSA) is 90.2 Å². The van der Waals surface area contributed by atoms with Crippen molar-refractivity contribution in [3.63, 3.8) is 0 Å². The third-order valence-electron chi connectivity index (χ3n) is 2.48. The number of aromatic nitrogens is 2. The molecule has 1 N–H and O–H groups in total. The molecule has 1 heterocycles. The average Bonchev–Trinajstić information content (AvgIpc) is 2.40. The number of benzene rings is 1. The molecule has 7 nitrogen and oxygen atoms in total. The Morgan fingerprint density at radius 2 is 2.05 bits per heavy atom. The largest absolute Gasteiger partial charge is 0.430 e. The summed E-state index contributed by atoms with van der Waals surface area (Å²) in [4.78, 5) is 18.1. The van der Waals surface area contributed by atoms with Gasteiger partial charge >= 0.3 is 11.6 Å². The monoisotopic (exact) mass is 278 g/mol. The van der Waals surface area contributed by atoms with E-state index < -0.39 is 16.4 Å². The number of ether oxygens (including phenoxy) is 1. The molecule has 0 atom stereocenters. The summed E-state index contributed by atoms with van der Waals surface area (Å²) in [7, 11) is 1.56. The molecule has 0 aliphatic carbocycles. The minimum absolute atomic E-state index is 0.126. The number of rotatable bonds is 4. The van der Waals surface area contributed by atoms with Crippen LogP contribution in [0.15, 0.2) is 24.3 Å². The lowest BCUT2D eigenvalue weighted by Gasteiger charge is -2.08. The number of hydrogen-bond acceptors (Lipinski definition) is 6. The lowest BCUT2D eigenvalue weighted by molar-refractivity contribution is -0.386. The Labute approximate surface area is 113 Å². The first kappa shape index (κ1) is 13.7. The van der Waals surface area contributed by atoms with Crippen LogP contribution in [0.5, 0.6) is 11.6 Å². The summed E-state index contributed by atoms with van der Waals surface area (Å²) in [6, 6.07) is 5.59. The molecule has 0 aliphatic heterocycles. The third kappa shape index (κ3) is 2.63. The van der Waals surface area contributed by atoms with Gasteiger partial charge < -0.3 is 10.1 Å². The molecule has 0 bridgehead atoms. The standard InChI is InChI=1S/C12H11FN4O3/c1-7-10(17(18)19)11(16-12(14-2)15-7)20-9-6-4-3-5-8(9)13/h3-6H,1-2H3,(H,14,15,16). The van der Waals surface area contributed by atoms with E-state index in [4.69, 9.17) is 4.74 Å². The smallest absolute Gasteiger partial charge is 0.352 e. The van der Waals surface area contributed by atoms with Crippen LogP contribution in [0.2, 0.25) is 0 Å². The normalized spacial score (nSPS) is 10.2. The van der Waals surface area contributed by atoms with Gasteiger partial charge in [-0.15, -0.1) is 0 Å². The molecule has 0 spiro atoms. The minimum atomic E-state index is -0.662. The zero-order chi connectivity index (χ0) is 14.7. The first-order valence-electron chi connectivity index (χ1n) is 5.66. The molecule has 20 heavy (non-hydrogen) atoms. The second-order valence-electron chi connectivity index (χ2n) is 3.83. The lowest BCUT2D eigenvalue weighted by atomic mass is 10.3. The summed E-state index contributed by atoms with van der Waals surface area (Å²) >= 11 is 0. The molecule has 0 amide bonds. The van der Waals surface area contributed by atoms with Gasteiger partial charge in [0.2, 0.25) is 5.95 Å². The first-order valence-corrected chi connectivity index (χ1v) is 5.66. The number of hydrogen-bond donors (Lipinski definition) is 1. The van der Waals surface area contributed by atoms with Gasteiger partial charge in [-0.3, -0.25) is 10.1 Å². The maximum absolute atomic E-state index is 13.5. The van der Waals surface area contributed by atoms with Crippen molar-refractivity contribution in [2.45, 2.75) is 6.92 Å². The molecule has 0 fully saturated rings. The third-order valence-corrected chi connectivity index (χ3v) is 2.48. The van der Waals surface area contributed by atoms with Crippen LogP contribution in [0.3, 0.4) is 0 Å². The van der Waals surface area contributed by atoms with Crippen LogP contribution in [-0.2, 0) is 0 Å². The quantitative estimate of drug-likeness (QED) is 0.683. The summed E-state index contributed by atoms with van der Waals surface area (Å²) in [6.07, 6.45) is 0. The van der Waals surface area contributed by atoms with Crippen LogP contribution in [0.1, 0.15) is 5.69 Å². The van der Waals surface area contributed by atoms with E-state index in [0.717, 1.165) is 0 Å². The number of anilines is 1. The van der Waals surface area contributed by atoms with Crippen LogP contribution in [-0.4, -0.2) is 21.9 Å². The molecule has 8 heteroatoms. The van der Waals surface area contributed by atoms with Gasteiger partial charge in [0.25, 0.3) is 0 Å². The van der Waals surface area contributed by atoms with Gasteiger partial charge in [-0.05, 0) is 19.1 Å². The number of nitrogens with zero attached hydrogens (tertiary/aromatic N) is 3. The Morgan fingerprint density at radius 1 is 1.35 bits per heavy atom. The number of halogens is 1. The highest BCUT2D eigenvalue weighted by atomic mass is 19.1. The molecular weight excluding hydrogens is 267 g/mol. The Balaban J connectivity index is 2.52. The Morgan fingerprint density at radius 3 is 2.65 bits per heavy atom. The van der Waals surface area contributed by atoms with Gasteiger partial charge in [-0.25, -0.2) is 9.37 Å². The van der Waals surface area contributed by atoms with E-state index in [1.165, 1.54) is 25.1 Å². The fourth-order valence-electron chi connectivity index (χ4n) is 1.57. The molecule has 0 aliphatic rings. The number of aryl methyl sites for hydroxylation is 1. The van der Waals surface area contributed by atoms with Gasteiger partial charge in [0, 0.05) is 7.05 Å². The summed E-state index contributed by atoms with van der Waals surface area (Å²) in [5, 5.41) is 13.7. The molecular formula is C12H11FN4O3. The van der Waals surface area contributed by atoms with E-state index >= 15 is 0 Å². The van der Waals surface area contributed by atoms with Crippen LogP contribution < -0.4 is 10.1 Å². The van der Waals surface area contributed by atoms with Crippen molar-refractivity contribution in [3.05, 3.63) is 45.9 Å². The molecule has 0 saturated heterocycles. The van der Waals surface area contributed by atoms with Gasteiger partial charge in [0.15, 0.2) is 11.6 Å². The van der Waals surface area contributed by atoms with Gasteiger partial charge in [0.1, 0.15) is 5.69 Å². The van der Waals surface area contributed by atoms with Gasteiger partial charge in [-0.1, -0.05) is 12.1 Å². The van der Waals surface area contributed by atoms with Crippen LogP contribution in [0.4, 0.5) is 16.0 Å². The molecule has 2 rings (SSSR count). The number of para-hydroxylation sites is 1. The van der Waals surface area contributed by atoms with Gasteiger partial charge in [0.05, 0.1) is 4.92 Å². The SMILES string of the molecule is CNc1nc(C)c([N+](=O)[O-])c(Oc2ccccc2F)n1. The van der Waals surface area contributed by atoms with Crippen molar-refractivity contribution in [3.8, 4) is 11.6 Å². The lowest BCUT2D eigenvalue weighted by Crippen LogP contribution is -2.05. The second kappa shape index (κ2) is 5.47. The fourth-order valence-corrected chi connectivity index (χ4v) is 1.57. The minimum Gasteiger partial charge on any atom is -0.430 e. The van der Waals surface area contributed by atoms with E-state index in [2.05, 4.69) is 15.3 Å².